The lowest BCUT2D eigenvalue weighted by Gasteiger charge is -2.29. The minimum absolute atomic E-state index is 0.0290. The fourth-order valence-corrected chi connectivity index (χ4v) is 4.07. The predicted molar refractivity (Wildman–Crippen MR) is 111 cm³/mol. The highest BCUT2D eigenvalue weighted by Gasteiger charge is 2.42. The number of pyridine rings is 1. The Morgan fingerprint density at radius 3 is 2.67 bits per heavy atom. The van der Waals surface area contributed by atoms with Gasteiger partial charge in [0.05, 0.1) is 24.5 Å². The summed E-state index contributed by atoms with van der Waals surface area (Å²) in [6.07, 6.45) is 3.92. The number of hydrogen-bond acceptors (Lipinski definition) is 3. The quantitative estimate of drug-likeness (QED) is 0.678. The third-order valence-electron chi connectivity index (χ3n) is 4.95. The van der Waals surface area contributed by atoms with Crippen LogP contribution in [-0.2, 0) is 6.54 Å². The summed E-state index contributed by atoms with van der Waals surface area (Å²) in [6.45, 7) is 3.04. The van der Waals surface area contributed by atoms with Gasteiger partial charge < -0.3 is 19.5 Å². The Hall–Kier alpha value is -2.86. The summed E-state index contributed by atoms with van der Waals surface area (Å²) >= 11 is 5.76. The second-order valence-corrected chi connectivity index (χ2v) is 6.77. The van der Waals surface area contributed by atoms with Crippen molar-refractivity contribution in [3.63, 3.8) is 0 Å². The number of methoxy groups -OCH3 is 1. The summed E-state index contributed by atoms with van der Waals surface area (Å²) in [5, 5.41) is 4.16. The first-order valence-electron chi connectivity index (χ1n) is 9.03. The average molecular weight is 379 g/mol. The summed E-state index contributed by atoms with van der Waals surface area (Å²) in [5.74, 6) is 0.794. The number of rotatable bonds is 5. The first-order chi connectivity index (χ1) is 13.2. The van der Waals surface area contributed by atoms with Crippen molar-refractivity contribution < 1.29 is 4.74 Å². The highest BCUT2D eigenvalue weighted by Crippen LogP contribution is 2.44. The predicted octanol–water partition coefficient (Wildman–Crippen LogP) is 4.09. The van der Waals surface area contributed by atoms with E-state index in [0.29, 0.717) is 5.11 Å². The molecule has 0 bridgehead atoms. The van der Waals surface area contributed by atoms with Gasteiger partial charge in [-0.3, -0.25) is 4.98 Å². The number of thiocarbonyl (C=S) groups is 1. The van der Waals surface area contributed by atoms with E-state index in [1.54, 1.807) is 7.11 Å². The monoisotopic (exact) mass is 378 g/mol. The second-order valence-electron chi connectivity index (χ2n) is 6.39. The van der Waals surface area contributed by atoms with Gasteiger partial charge in [0.25, 0.3) is 0 Å². The Kier molecular flexibility index (Phi) is 4.81. The van der Waals surface area contributed by atoms with Gasteiger partial charge in [-0.1, -0.05) is 18.2 Å². The molecule has 0 spiro atoms. The molecule has 1 aliphatic heterocycles. The molecule has 5 nitrogen and oxygen atoms in total. The first-order valence-corrected chi connectivity index (χ1v) is 9.44. The molecular weight excluding hydrogens is 356 g/mol. The molecule has 1 N–H and O–H groups in total. The first kappa shape index (κ1) is 17.5. The number of para-hydroxylation sites is 2. The molecule has 2 aromatic heterocycles. The van der Waals surface area contributed by atoms with E-state index >= 15 is 0 Å². The van der Waals surface area contributed by atoms with Gasteiger partial charge in [-0.25, -0.2) is 0 Å². The molecule has 1 saturated heterocycles. The Morgan fingerprint density at radius 1 is 1.11 bits per heavy atom. The van der Waals surface area contributed by atoms with Crippen molar-refractivity contribution >= 4 is 23.0 Å². The fraction of sp³-hybridized carbons (Fsp3) is 0.238. The highest BCUT2D eigenvalue weighted by molar-refractivity contribution is 7.80. The van der Waals surface area contributed by atoms with Crippen LogP contribution in [-0.4, -0.2) is 21.8 Å². The standard InChI is InChI=1S/C21H22N4OS/c1-3-24-14-8-11-17(24)20-19(15-9-6-7-13-22-15)23-21(27)25(20)16-10-4-5-12-18(16)26-2/h4-14,19-20H,3H2,1-2H3,(H,23,27). The lowest BCUT2D eigenvalue weighted by molar-refractivity contribution is 0.414. The molecule has 1 aromatic carbocycles. The van der Waals surface area contributed by atoms with Gasteiger partial charge in [0.15, 0.2) is 5.11 Å². The minimum Gasteiger partial charge on any atom is -0.495 e. The maximum atomic E-state index is 5.76. The molecule has 6 heteroatoms. The molecular formula is C21H22N4OS. The van der Waals surface area contributed by atoms with Crippen molar-refractivity contribution in [1.82, 2.24) is 14.9 Å². The molecule has 1 fully saturated rings. The van der Waals surface area contributed by atoms with E-state index in [-0.39, 0.29) is 12.1 Å². The topological polar surface area (TPSA) is 42.3 Å². The Labute approximate surface area is 164 Å². The lowest BCUT2D eigenvalue weighted by Crippen LogP contribution is -2.30. The number of nitrogens with zero attached hydrogens (tertiary/aromatic N) is 3. The van der Waals surface area contributed by atoms with E-state index in [2.05, 4.69) is 45.0 Å². The molecule has 4 rings (SSSR count). The number of nitrogens with one attached hydrogen (secondary N) is 1. The van der Waals surface area contributed by atoms with Crippen molar-refractivity contribution in [2.45, 2.75) is 25.6 Å². The Morgan fingerprint density at radius 2 is 1.93 bits per heavy atom. The number of aromatic nitrogens is 2. The Balaban J connectivity index is 1.88. The number of aryl methyl sites for hydroxylation is 1. The average Bonchev–Trinajstić information content (AvgIpc) is 3.32. The van der Waals surface area contributed by atoms with Crippen molar-refractivity contribution in [3.8, 4) is 5.75 Å². The number of benzene rings is 1. The van der Waals surface area contributed by atoms with Crippen LogP contribution in [0.2, 0.25) is 0 Å². The molecule has 2 unspecified atom stereocenters. The normalized spacial score (nSPS) is 19.2. The van der Waals surface area contributed by atoms with Crippen molar-refractivity contribution in [2.24, 2.45) is 0 Å². The molecule has 0 radical (unpaired) electrons. The molecule has 0 amide bonds. The van der Waals surface area contributed by atoms with E-state index in [9.17, 15) is 0 Å². The molecule has 0 aliphatic carbocycles. The van der Waals surface area contributed by atoms with Crippen LogP contribution in [0.25, 0.3) is 0 Å². The van der Waals surface area contributed by atoms with Gasteiger partial charge in [-0.15, -0.1) is 0 Å². The summed E-state index contributed by atoms with van der Waals surface area (Å²) in [7, 11) is 1.69. The van der Waals surface area contributed by atoms with Gasteiger partial charge in [0.2, 0.25) is 0 Å². The van der Waals surface area contributed by atoms with Crippen LogP contribution in [0, 0.1) is 0 Å². The van der Waals surface area contributed by atoms with Crippen LogP contribution in [0.4, 0.5) is 5.69 Å². The van der Waals surface area contributed by atoms with E-state index < -0.39 is 0 Å². The van der Waals surface area contributed by atoms with Crippen LogP contribution in [0.3, 0.4) is 0 Å². The number of ether oxygens (including phenoxy) is 1. The van der Waals surface area contributed by atoms with Gasteiger partial charge in [0.1, 0.15) is 11.8 Å². The molecule has 3 aromatic rings. The van der Waals surface area contributed by atoms with Crippen LogP contribution in [0.15, 0.2) is 67.0 Å². The van der Waals surface area contributed by atoms with Crippen LogP contribution < -0.4 is 15.0 Å². The van der Waals surface area contributed by atoms with Crippen molar-refractivity contribution in [2.75, 3.05) is 12.0 Å². The van der Waals surface area contributed by atoms with Crippen LogP contribution in [0.5, 0.6) is 5.75 Å². The van der Waals surface area contributed by atoms with E-state index in [4.69, 9.17) is 17.0 Å². The summed E-state index contributed by atoms with van der Waals surface area (Å²) in [6, 6.07) is 18.1. The van der Waals surface area contributed by atoms with Gasteiger partial charge in [0, 0.05) is 24.6 Å². The second kappa shape index (κ2) is 7.40. The van der Waals surface area contributed by atoms with Gasteiger partial charge in [-0.2, -0.15) is 0 Å². The summed E-state index contributed by atoms with van der Waals surface area (Å²) in [4.78, 5) is 6.74. The van der Waals surface area contributed by atoms with Crippen molar-refractivity contribution in [1.29, 1.82) is 0 Å². The smallest absolute Gasteiger partial charge is 0.174 e. The van der Waals surface area contributed by atoms with Gasteiger partial charge >= 0.3 is 0 Å². The zero-order chi connectivity index (χ0) is 18.8. The number of hydrogen-bond donors (Lipinski definition) is 1. The van der Waals surface area contributed by atoms with Crippen LogP contribution >= 0.6 is 12.2 Å². The molecule has 138 valence electrons. The molecule has 1 aliphatic rings. The van der Waals surface area contributed by atoms with Gasteiger partial charge in [-0.05, 0) is 55.5 Å². The zero-order valence-electron chi connectivity index (χ0n) is 15.4. The molecule has 27 heavy (non-hydrogen) atoms. The molecule has 2 atom stereocenters. The summed E-state index contributed by atoms with van der Waals surface area (Å²) < 4.78 is 7.87. The van der Waals surface area contributed by atoms with Crippen LogP contribution in [0.1, 0.15) is 30.4 Å². The SMILES string of the molecule is CCn1cccc1C1C(c2ccccn2)NC(=S)N1c1ccccc1OC. The maximum absolute atomic E-state index is 5.76. The highest BCUT2D eigenvalue weighted by atomic mass is 32.1. The van der Waals surface area contributed by atoms with E-state index in [0.717, 1.165) is 23.7 Å². The minimum atomic E-state index is -0.0520. The van der Waals surface area contributed by atoms with E-state index in [1.807, 2.05) is 48.7 Å². The summed E-state index contributed by atoms with van der Waals surface area (Å²) in [5.41, 5.74) is 3.10. The zero-order valence-corrected chi connectivity index (χ0v) is 16.2. The largest absolute Gasteiger partial charge is 0.495 e. The third kappa shape index (κ3) is 3.06. The van der Waals surface area contributed by atoms with Crippen molar-refractivity contribution in [3.05, 3.63) is 78.4 Å². The maximum Gasteiger partial charge on any atom is 0.174 e. The molecule has 3 heterocycles. The third-order valence-corrected chi connectivity index (χ3v) is 5.27. The number of anilines is 1. The van der Waals surface area contributed by atoms with E-state index in [1.165, 1.54) is 5.69 Å². The fourth-order valence-electron chi connectivity index (χ4n) is 3.73. The Bertz CT molecular complexity index is 940. The molecule has 0 saturated carbocycles. The lowest BCUT2D eigenvalue weighted by atomic mass is 10.0.